The first-order valence-electron chi connectivity index (χ1n) is 7.49. The number of unbranched alkanes of at least 4 members (excludes halogenated alkanes) is 2. The molecule has 0 N–H and O–H groups in total. The molecule has 0 fully saturated rings. The quantitative estimate of drug-likeness (QED) is 0.290. The van der Waals surface area contributed by atoms with Crippen molar-refractivity contribution in [2.24, 2.45) is 0 Å². The van der Waals surface area contributed by atoms with Gasteiger partial charge in [-0.3, -0.25) is 0 Å². The second kappa shape index (κ2) is 11.6. The molecule has 17 heavy (non-hydrogen) atoms. The molecule has 0 amide bonds. The molecule has 0 aliphatic carbocycles. The van der Waals surface area contributed by atoms with Crippen LogP contribution in [0, 0.1) is 0 Å². The predicted octanol–water partition coefficient (Wildman–Crippen LogP) is 5.28. The van der Waals surface area contributed by atoms with Crippen LogP contribution in [0.15, 0.2) is 0 Å². The van der Waals surface area contributed by atoms with E-state index in [1.165, 1.54) is 56.7 Å². The van der Waals surface area contributed by atoms with Gasteiger partial charge >= 0.3 is 0 Å². The second-order valence-electron chi connectivity index (χ2n) is 5.07. The summed E-state index contributed by atoms with van der Waals surface area (Å²) in [6.07, 6.45) is 7.64. The molecule has 0 aliphatic rings. The molecule has 0 heterocycles. The summed E-state index contributed by atoms with van der Waals surface area (Å²) in [4.78, 5) is 0. The maximum Gasteiger partial charge on any atom is 0.192 e. The van der Waals surface area contributed by atoms with Crippen LogP contribution in [-0.2, 0) is 4.43 Å². The minimum Gasteiger partial charge on any atom is -0.417 e. The highest BCUT2D eigenvalue weighted by Crippen LogP contribution is 2.28. The maximum absolute atomic E-state index is 6.41. The van der Waals surface area contributed by atoms with Crippen LogP contribution in [0.1, 0.15) is 59.3 Å². The van der Waals surface area contributed by atoms with Crippen LogP contribution in [0.5, 0.6) is 0 Å². The van der Waals surface area contributed by atoms with Gasteiger partial charge in [0, 0.05) is 6.61 Å². The van der Waals surface area contributed by atoms with Crippen molar-refractivity contribution in [2.45, 2.75) is 77.4 Å². The van der Waals surface area contributed by atoms with Gasteiger partial charge in [-0.25, -0.2) is 0 Å². The SMILES string of the molecule is CCCCO[Si](CCC)(CCC)CCCCS. The highest BCUT2D eigenvalue weighted by molar-refractivity contribution is 7.80. The highest BCUT2D eigenvalue weighted by Gasteiger charge is 2.32. The Kier molecular flexibility index (Phi) is 12.0. The molecule has 0 saturated heterocycles. The zero-order valence-electron chi connectivity index (χ0n) is 12.1. The van der Waals surface area contributed by atoms with Crippen LogP contribution in [0.4, 0.5) is 0 Å². The topological polar surface area (TPSA) is 9.23 Å². The smallest absolute Gasteiger partial charge is 0.192 e. The molecule has 0 aliphatic heterocycles. The summed E-state index contributed by atoms with van der Waals surface area (Å²) in [5.41, 5.74) is 0. The minimum absolute atomic E-state index is 1.00. The van der Waals surface area contributed by atoms with Crippen molar-refractivity contribution >= 4 is 20.9 Å². The third-order valence-electron chi connectivity index (χ3n) is 3.36. The largest absolute Gasteiger partial charge is 0.417 e. The molecule has 0 aromatic heterocycles. The normalized spacial score (nSPS) is 12.0. The van der Waals surface area contributed by atoms with Gasteiger partial charge in [0.2, 0.25) is 0 Å². The van der Waals surface area contributed by atoms with E-state index in [1.807, 2.05) is 0 Å². The highest BCUT2D eigenvalue weighted by atomic mass is 32.1. The summed E-state index contributed by atoms with van der Waals surface area (Å²) >= 11 is 4.31. The van der Waals surface area contributed by atoms with E-state index >= 15 is 0 Å². The molecular formula is C14H32OSSi. The summed E-state index contributed by atoms with van der Waals surface area (Å²) in [6, 6.07) is 4.08. The Morgan fingerprint density at radius 1 is 0.824 bits per heavy atom. The third-order valence-corrected chi connectivity index (χ3v) is 8.58. The van der Waals surface area contributed by atoms with Gasteiger partial charge in [0.15, 0.2) is 8.32 Å². The van der Waals surface area contributed by atoms with Crippen molar-refractivity contribution in [1.82, 2.24) is 0 Å². The van der Waals surface area contributed by atoms with Crippen molar-refractivity contribution in [3.05, 3.63) is 0 Å². The summed E-state index contributed by atoms with van der Waals surface area (Å²) in [7, 11) is -1.40. The molecule has 0 bridgehead atoms. The van der Waals surface area contributed by atoms with E-state index in [2.05, 4.69) is 33.4 Å². The van der Waals surface area contributed by atoms with E-state index < -0.39 is 8.32 Å². The van der Waals surface area contributed by atoms with Crippen molar-refractivity contribution in [3.63, 3.8) is 0 Å². The van der Waals surface area contributed by atoms with Gasteiger partial charge in [0.05, 0.1) is 0 Å². The standard InChI is InChI=1S/C14H32OSSi/c1-4-7-10-15-17(12-5-2,13-6-3)14-9-8-11-16/h16H,4-14H2,1-3H3. The fourth-order valence-electron chi connectivity index (χ4n) is 2.49. The summed E-state index contributed by atoms with van der Waals surface area (Å²) in [6.45, 7) is 7.86. The molecule has 0 rings (SSSR count). The number of hydrogen-bond donors (Lipinski definition) is 1. The van der Waals surface area contributed by atoms with Crippen molar-refractivity contribution < 1.29 is 4.43 Å². The van der Waals surface area contributed by atoms with E-state index in [1.54, 1.807) is 0 Å². The molecule has 0 atom stereocenters. The van der Waals surface area contributed by atoms with Crippen molar-refractivity contribution in [3.8, 4) is 0 Å². The Morgan fingerprint density at radius 3 is 1.94 bits per heavy atom. The minimum atomic E-state index is -1.40. The Bertz CT molecular complexity index is 146. The number of rotatable bonds is 12. The Hall–Kier alpha value is 0.527. The maximum atomic E-state index is 6.41. The summed E-state index contributed by atoms with van der Waals surface area (Å²) in [5.74, 6) is 1.03. The van der Waals surface area contributed by atoms with E-state index in [9.17, 15) is 0 Å². The Labute approximate surface area is 115 Å². The molecule has 3 heteroatoms. The van der Waals surface area contributed by atoms with Gasteiger partial charge in [-0.1, -0.05) is 46.5 Å². The molecule has 104 valence electrons. The summed E-state index contributed by atoms with van der Waals surface area (Å²) < 4.78 is 6.41. The molecular weight excluding hydrogens is 244 g/mol. The average Bonchev–Trinajstić information content (AvgIpc) is 2.30. The molecule has 0 saturated carbocycles. The molecule has 1 nitrogen and oxygen atoms in total. The molecule has 0 unspecified atom stereocenters. The fraction of sp³-hybridized carbons (Fsp3) is 1.00. The lowest BCUT2D eigenvalue weighted by Gasteiger charge is -2.31. The lowest BCUT2D eigenvalue weighted by atomic mass is 10.4. The fourth-order valence-corrected chi connectivity index (χ4v) is 7.20. The number of thiol groups is 1. The molecule has 0 aromatic carbocycles. The Morgan fingerprint density at radius 2 is 1.47 bits per heavy atom. The zero-order chi connectivity index (χ0) is 13.0. The lowest BCUT2D eigenvalue weighted by molar-refractivity contribution is 0.287. The zero-order valence-corrected chi connectivity index (χ0v) is 14.0. The van der Waals surface area contributed by atoms with Crippen LogP contribution >= 0.6 is 12.6 Å². The van der Waals surface area contributed by atoms with Gasteiger partial charge in [0.1, 0.15) is 0 Å². The first kappa shape index (κ1) is 17.5. The molecule has 0 spiro atoms. The second-order valence-corrected chi connectivity index (χ2v) is 9.67. The van der Waals surface area contributed by atoms with Crippen LogP contribution in [0.25, 0.3) is 0 Å². The van der Waals surface area contributed by atoms with Gasteiger partial charge in [-0.15, -0.1) is 0 Å². The van der Waals surface area contributed by atoms with Crippen LogP contribution in [-0.4, -0.2) is 20.7 Å². The summed E-state index contributed by atoms with van der Waals surface area (Å²) in [5, 5.41) is 0. The van der Waals surface area contributed by atoms with Gasteiger partial charge in [-0.05, 0) is 36.7 Å². The molecule has 0 aromatic rings. The number of hydrogen-bond acceptors (Lipinski definition) is 2. The van der Waals surface area contributed by atoms with Crippen LogP contribution in [0.3, 0.4) is 0 Å². The average molecular weight is 277 g/mol. The van der Waals surface area contributed by atoms with Crippen molar-refractivity contribution in [2.75, 3.05) is 12.4 Å². The lowest BCUT2D eigenvalue weighted by Crippen LogP contribution is -2.38. The van der Waals surface area contributed by atoms with Crippen LogP contribution in [0.2, 0.25) is 18.1 Å². The van der Waals surface area contributed by atoms with E-state index in [-0.39, 0.29) is 0 Å². The predicted molar refractivity (Wildman–Crippen MR) is 84.7 cm³/mol. The van der Waals surface area contributed by atoms with Gasteiger partial charge in [-0.2, -0.15) is 12.6 Å². The third kappa shape index (κ3) is 8.28. The van der Waals surface area contributed by atoms with E-state index in [0.717, 1.165) is 12.4 Å². The Balaban J connectivity index is 4.25. The van der Waals surface area contributed by atoms with Crippen molar-refractivity contribution in [1.29, 1.82) is 0 Å². The van der Waals surface area contributed by atoms with Crippen LogP contribution < -0.4 is 0 Å². The van der Waals surface area contributed by atoms with E-state index in [0.29, 0.717) is 0 Å². The molecule has 0 radical (unpaired) electrons. The first-order chi connectivity index (χ1) is 8.24. The van der Waals surface area contributed by atoms with Gasteiger partial charge < -0.3 is 4.43 Å². The first-order valence-corrected chi connectivity index (χ1v) is 10.7. The van der Waals surface area contributed by atoms with Gasteiger partial charge in [0.25, 0.3) is 0 Å². The van der Waals surface area contributed by atoms with E-state index in [4.69, 9.17) is 4.43 Å². The monoisotopic (exact) mass is 276 g/mol.